The van der Waals surface area contributed by atoms with Crippen LogP contribution in [-0.2, 0) is 0 Å². The molecular formula is C18H16F4N2O. The van der Waals surface area contributed by atoms with Crippen LogP contribution < -0.4 is 0 Å². The first-order valence-corrected chi connectivity index (χ1v) is 7.77. The van der Waals surface area contributed by atoms with Gasteiger partial charge in [0.05, 0.1) is 11.6 Å². The van der Waals surface area contributed by atoms with Crippen LogP contribution >= 0.6 is 0 Å². The molecule has 1 unspecified atom stereocenters. The van der Waals surface area contributed by atoms with Crippen molar-refractivity contribution in [3.8, 4) is 0 Å². The van der Waals surface area contributed by atoms with Crippen molar-refractivity contribution in [3.63, 3.8) is 0 Å². The van der Waals surface area contributed by atoms with Gasteiger partial charge >= 0.3 is 0 Å². The van der Waals surface area contributed by atoms with E-state index in [1.165, 1.54) is 17.0 Å². The molecule has 1 amide bonds. The number of piperazine rings is 1. The smallest absolute Gasteiger partial charge is 0.257 e. The van der Waals surface area contributed by atoms with Crippen molar-refractivity contribution < 1.29 is 22.4 Å². The zero-order valence-electron chi connectivity index (χ0n) is 13.5. The molecule has 25 heavy (non-hydrogen) atoms. The Morgan fingerprint density at radius 2 is 1.64 bits per heavy atom. The maximum atomic E-state index is 13.9. The molecule has 0 aliphatic carbocycles. The summed E-state index contributed by atoms with van der Waals surface area (Å²) in [4.78, 5) is 15.9. The molecule has 2 aromatic carbocycles. The maximum absolute atomic E-state index is 13.9. The van der Waals surface area contributed by atoms with Crippen LogP contribution in [0.5, 0.6) is 0 Å². The molecule has 0 radical (unpaired) electrons. The number of halogens is 4. The van der Waals surface area contributed by atoms with E-state index in [-0.39, 0.29) is 18.4 Å². The summed E-state index contributed by atoms with van der Waals surface area (Å²) in [6, 6.07) is 7.40. The van der Waals surface area contributed by atoms with E-state index >= 15 is 0 Å². The number of benzene rings is 2. The van der Waals surface area contributed by atoms with Crippen LogP contribution in [0.2, 0.25) is 0 Å². The Balaban J connectivity index is 1.84. The molecule has 1 aliphatic rings. The summed E-state index contributed by atoms with van der Waals surface area (Å²) in [5.41, 5.74) is 0.313. The molecule has 1 saturated heterocycles. The largest absolute Gasteiger partial charge is 0.335 e. The zero-order chi connectivity index (χ0) is 18.1. The molecule has 0 N–H and O–H groups in total. The van der Waals surface area contributed by atoms with E-state index in [2.05, 4.69) is 0 Å². The second kappa shape index (κ2) is 6.84. The van der Waals surface area contributed by atoms with E-state index in [4.69, 9.17) is 0 Å². The first-order valence-electron chi connectivity index (χ1n) is 7.77. The zero-order valence-corrected chi connectivity index (χ0v) is 13.5. The predicted molar refractivity (Wildman–Crippen MR) is 84.0 cm³/mol. The van der Waals surface area contributed by atoms with Gasteiger partial charge in [0.25, 0.3) is 5.91 Å². The summed E-state index contributed by atoms with van der Waals surface area (Å²) < 4.78 is 53.5. The van der Waals surface area contributed by atoms with Crippen molar-refractivity contribution in [1.29, 1.82) is 0 Å². The van der Waals surface area contributed by atoms with Crippen LogP contribution in [0.15, 0.2) is 36.4 Å². The fraction of sp³-hybridized carbons (Fsp3) is 0.278. The number of nitrogens with zero attached hydrogens (tertiary/aromatic N) is 2. The first kappa shape index (κ1) is 17.4. The van der Waals surface area contributed by atoms with E-state index in [1.54, 1.807) is 12.1 Å². The van der Waals surface area contributed by atoms with Gasteiger partial charge in [-0.25, -0.2) is 17.6 Å². The van der Waals surface area contributed by atoms with E-state index in [0.717, 1.165) is 17.7 Å². The quantitative estimate of drug-likeness (QED) is 0.611. The second-order valence-corrected chi connectivity index (χ2v) is 6.02. The normalized spacial score (nSPS) is 18.4. The molecule has 3 rings (SSSR count). The summed E-state index contributed by atoms with van der Waals surface area (Å²) in [7, 11) is 1.87. The fourth-order valence-corrected chi connectivity index (χ4v) is 2.96. The first-order chi connectivity index (χ1) is 11.9. The van der Waals surface area contributed by atoms with Gasteiger partial charge in [-0.1, -0.05) is 12.1 Å². The van der Waals surface area contributed by atoms with Crippen LogP contribution in [0.25, 0.3) is 0 Å². The Hall–Kier alpha value is -2.41. The number of likely N-dealkylation sites (N-methyl/N-ethyl adjacent to an activating group) is 1. The van der Waals surface area contributed by atoms with Crippen molar-refractivity contribution >= 4 is 5.91 Å². The number of hydrogen-bond donors (Lipinski definition) is 0. The van der Waals surface area contributed by atoms with Crippen LogP contribution in [0.3, 0.4) is 0 Å². The van der Waals surface area contributed by atoms with Gasteiger partial charge in [0.2, 0.25) is 0 Å². The molecule has 1 aliphatic heterocycles. The number of amides is 1. The molecule has 0 spiro atoms. The minimum atomic E-state index is -1.66. The number of rotatable bonds is 2. The van der Waals surface area contributed by atoms with Gasteiger partial charge < -0.3 is 4.90 Å². The van der Waals surface area contributed by atoms with Crippen LogP contribution in [0.1, 0.15) is 22.0 Å². The van der Waals surface area contributed by atoms with Gasteiger partial charge in [-0.05, 0) is 36.9 Å². The molecule has 2 aromatic rings. The molecule has 3 nitrogen and oxygen atoms in total. The SMILES string of the molecule is CN1CCN(C(=O)c2ccc(F)c(F)c2F)CC1c1ccc(F)cc1. The average molecular weight is 352 g/mol. The molecule has 1 heterocycles. The molecule has 0 saturated carbocycles. The Kier molecular flexibility index (Phi) is 4.76. The van der Waals surface area contributed by atoms with Crippen molar-refractivity contribution in [3.05, 3.63) is 70.8 Å². The van der Waals surface area contributed by atoms with Gasteiger partial charge in [0, 0.05) is 19.6 Å². The minimum absolute atomic E-state index is 0.202. The highest BCUT2D eigenvalue weighted by Gasteiger charge is 2.31. The van der Waals surface area contributed by atoms with Crippen molar-refractivity contribution in [2.24, 2.45) is 0 Å². The van der Waals surface area contributed by atoms with E-state index in [9.17, 15) is 22.4 Å². The topological polar surface area (TPSA) is 23.6 Å². The Morgan fingerprint density at radius 1 is 0.960 bits per heavy atom. The van der Waals surface area contributed by atoms with Gasteiger partial charge in [0.15, 0.2) is 17.5 Å². The lowest BCUT2D eigenvalue weighted by Crippen LogP contribution is -2.49. The highest BCUT2D eigenvalue weighted by molar-refractivity contribution is 5.94. The maximum Gasteiger partial charge on any atom is 0.257 e. The van der Waals surface area contributed by atoms with Crippen LogP contribution in [0, 0.1) is 23.3 Å². The van der Waals surface area contributed by atoms with Crippen LogP contribution in [-0.4, -0.2) is 42.4 Å². The van der Waals surface area contributed by atoms with Crippen molar-refractivity contribution in [2.45, 2.75) is 6.04 Å². The highest BCUT2D eigenvalue weighted by Crippen LogP contribution is 2.26. The third kappa shape index (κ3) is 3.37. The Morgan fingerprint density at radius 3 is 2.32 bits per heavy atom. The summed E-state index contributed by atoms with van der Waals surface area (Å²) in [6.07, 6.45) is 0. The molecule has 0 aromatic heterocycles. The number of carbonyl (C=O) groups excluding carboxylic acids is 1. The molecule has 132 valence electrons. The summed E-state index contributed by atoms with van der Waals surface area (Å²) in [5.74, 6) is -5.54. The standard InChI is InChI=1S/C18H16F4N2O/c1-23-8-9-24(10-15(23)11-2-4-12(19)5-3-11)18(25)13-6-7-14(20)17(22)16(13)21/h2-7,15H,8-10H2,1H3. The number of carbonyl (C=O) groups is 1. The fourth-order valence-electron chi connectivity index (χ4n) is 2.96. The summed E-state index contributed by atoms with van der Waals surface area (Å²) in [6.45, 7) is 1.07. The van der Waals surface area contributed by atoms with E-state index < -0.39 is 28.9 Å². The van der Waals surface area contributed by atoms with Crippen molar-refractivity contribution in [2.75, 3.05) is 26.7 Å². The molecule has 0 bridgehead atoms. The lowest BCUT2D eigenvalue weighted by Gasteiger charge is -2.39. The molecule has 1 fully saturated rings. The third-order valence-corrected chi connectivity index (χ3v) is 4.46. The Bertz CT molecular complexity index is 794. The summed E-state index contributed by atoms with van der Waals surface area (Å²) >= 11 is 0. The Labute approximate surface area is 142 Å². The van der Waals surface area contributed by atoms with Crippen LogP contribution in [0.4, 0.5) is 17.6 Å². The monoisotopic (exact) mass is 352 g/mol. The second-order valence-electron chi connectivity index (χ2n) is 6.02. The predicted octanol–water partition coefficient (Wildman–Crippen LogP) is 3.37. The van der Waals surface area contributed by atoms with Gasteiger partial charge in [-0.2, -0.15) is 0 Å². The van der Waals surface area contributed by atoms with E-state index in [0.29, 0.717) is 13.1 Å². The molecular weight excluding hydrogens is 336 g/mol. The lowest BCUT2D eigenvalue weighted by molar-refractivity contribution is 0.0540. The third-order valence-electron chi connectivity index (χ3n) is 4.46. The van der Waals surface area contributed by atoms with Crippen molar-refractivity contribution in [1.82, 2.24) is 9.80 Å². The van der Waals surface area contributed by atoms with Gasteiger partial charge in [0.1, 0.15) is 5.82 Å². The number of hydrogen-bond acceptors (Lipinski definition) is 2. The highest BCUT2D eigenvalue weighted by atomic mass is 19.2. The van der Waals surface area contributed by atoms with E-state index in [1.807, 2.05) is 11.9 Å². The van der Waals surface area contributed by atoms with Gasteiger partial charge in [-0.3, -0.25) is 9.69 Å². The molecule has 7 heteroatoms. The summed E-state index contributed by atoms with van der Waals surface area (Å²) in [5, 5.41) is 0. The lowest BCUT2D eigenvalue weighted by atomic mass is 10.0. The molecule has 1 atom stereocenters. The van der Waals surface area contributed by atoms with Gasteiger partial charge in [-0.15, -0.1) is 0 Å². The average Bonchev–Trinajstić information content (AvgIpc) is 2.61. The minimum Gasteiger partial charge on any atom is -0.335 e.